The first kappa shape index (κ1) is 21.3. The highest BCUT2D eigenvalue weighted by atomic mass is 35.5. The Hall–Kier alpha value is -1.96. The SMILES string of the molecule is COc1ccc(N2C(=O)/C(=C\c3ccc(-c4cccc(Cl)c4Cl)o3)SC2=S)cc1Cl. The average molecular weight is 497 g/mol. The number of thiocarbonyl (C=S) groups is 1. The lowest BCUT2D eigenvalue weighted by molar-refractivity contribution is -0.113. The lowest BCUT2D eigenvalue weighted by Gasteiger charge is -2.15. The van der Waals surface area contributed by atoms with E-state index in [1.54, 1.807) is 48.5 Å². The molecule has 2 aromatic carbocycles. The van der Waals surface area contributed by atoms with E-state index in [0.717, 1.165) is 0 Å². The first-order chi connectivity index (χ1) is 14.4. The van der Waals surface area contributed by atoms with Gasteiger partial charge in [0, 0.05) is 11.6 Å². The summed E-state index contributed by atoms with van der Waals surface area (Å²) in [6.07, 6.45) is 1.65. The van der Waals surface area contributed by atoms with Crippen molar-refractivity contribution in [1.29, 1.82) is 0 Å². The minimum atomic E-state index is -0.259. The molecule has 1 amide bonds. The number of methoxy groups -OCH3 is 1. The predicted molar refractivity (Wildman–Crippen MR) is 128 cm³/mol. The van der Waals surface area contributed by atoms with E-state index < -0.39 is 0 Å². The molecule has 0 unspecified atom stereocenters. The molecule has 9 heteroatoms. The molecule has 3 aromatic rings. The molecular formula is C21H12Cl3NO3S2. The number of benzene rings is 2. The quantitative estimate of drug-likeness (QED) is 0.279. The van der Waals surface area contributed by atoms with Crippen molar-refractivity contribution in [3.63, 3.8) is 0 Å². The summed E-state index contributed by atoms with van der Waals surface area (Å²) in [5.74, 6) is 1.30. The van der Waals surface area contributed by atoms with E-state index in [4.69, 9.17) is 56.2 Å². The van der Waals surface area contributed by atoms with Gasteiger partial charge in [0.25, 0.3) is 5.91 Å². The van der Waals surface area contributed by atoms with E-state index in [1.165, 1.54) is 23.8 Å². The number of hydrogen-bond donors (Lipinski definition) is 0. The summed E-state index contributed by atoms with van der Waals surface area (Å²) >= 11 is 25.1. The van der Waals surface area contributed by atoms with Gasteiger partial charge in [-0.25, -0.2) is 0 Å². The molecule has 30 heavy (non-hydrogen) atoms. The maximum Gasteiger partial charge on any atom is 0.270 e. The summed E-state index contributed by atoms with van der Waals surface area (Å²) in [6, 6.07) is 13.9. The smallest absolute Gasteiger partial charge is 0.270 e. The highest BCUT2D eigenvalue weighted by molar-refractivity contribution is 8.27. The number of hydrogen-bond acceptors (Lipinski definition) is 5. The third kappa shape index (κ3) is 3.98. The van der Waals surface area contributed by atoms with E-state index in [0.29, 0.717) is 52.8 Å². The van der Waals surface area contributed by atoms with Crippen LogP contribution in [0.5, 0.6) is 5.75 Å². The van der Waals surface area contributed by atoms with Gasteiger partial charge in [-0.2, -0.15) is 0 Å². The second kappa shape index (κ2) is 8.65. The normalized spacial score (nSPS) is 15.3. The van der Waals surface area contributed by atoms with Gasteiger partial charge in [0.05, 0.1) is 32.8 Å². The standard InChI is InChI=1S/C21H12Cl3NO3S2/c1-27-17-7-5-11(9-15(17)23)25-20(26)18(30-21(25)29)10-12-6-8-16(28-12)13-3-2-4-14(22)19(13)24/h2-10H,1H3/b18-10+. The Kier molecular flexibility index (Phi) is 6.14. The first-order valence-corrected chi connectivity index (χ1v) is 10.9. The van der Waals surface area contributed by atoms with Crippen LogP contribution in [0.4, 0.5) is 5.69 Å². The van der Waals surface area contributed by atoms with Crippen LogP contribution in [0.3, 0.4) is 0 Å². The van der Waals surface area contributed by atoms with Crippen molar-refractivity contribution >= 4 is 80.8 Å². The largest absolute Gasteiger partial charge is 0.495 e. The van der Waals surface area contributed by atoms with Crippen LogP contribution in [-0.4, -0.2) is 17.3 Å². The second-order valence-corrected chi connectivity index (χ2v) is 9.01. The van der Waals surface area contributed by atoms with Gasteiger partial charge in [0.2, 0.25) is 0 Å². The average Bonchev–Trinajstić information content (AvgIpc) is 3.28. The van der Waals surface area contributed by atoms with Crippen LogP contribution in [0.1, 0.15) is 5.76 Å². The number of nitrogens with zero attached hydrogens (tertiary/aromatic N) is 1. The number of halogens is 3. The third-order valence-corrected chi connectivity index (χ3v) is 6.72. The summed E-state index contributed by atoms with van der Waals surface area (Å²) in [5.41, 5.74) is 1.24. The van der Waals surface area contributed by atoms with Crippen molar-refractivity contribution < 1.29 is 13.9 Å². The Bertz CT molecular complexity index is 1210. The van der Waals surface area contributed by atoms with Crippen LogP contribution in [0.2, 0.25) is 15.1 Å². The molecule has 0 bridgehead atoms. The third-order valence-electron chi connectivity index (χ3n) is 4.30. The molecule has 0 radical (unpaired) electrons. The lowest BCUT2D eigenvalue weighted by Crippen LogP contribution is -2.27. The minimum Gasteiger partial charge on any atom is -0.495 e. The molecule has 0 N–H and O–H groups in total. The number of amides is 1. The Labute approximate surface area is 197 Å². The number of ether oxygens (including phenoxy) is 1. The van der Waals surface area contributed by atoms with E-state index in [9.17, 15) is 4.79 Å². The first-order valence-electron chi connectivity index (χ1n) is 8.54. The fourth-order valence-electron chi connectivity index (χ4n) is 2.88. The van der Waals surface area contributed by atoms with Crippen LogP contribution >= 0.6 is 58.8 Å². The van der Waals surface area contributed by atoms with E-state index in [1.807, 2.05) is 6.07 Å². The number of carbonyl (C=O) groups excluding carboxylic acids is 1. The molecule has 4 rings (SSSR count). The highest BCUT2D eigenvalue weighted by Gasteiger charge is 2.34. The molecule has 1 saturated heterocycles. The van der Waals surface area contributed by atoms with Gasteiger partial charge in [-0.05, 0) is 42.5 Å². The molecule has 4 nitrogen and oxygen atoms in total. The number of carbonyl (C=O) groups is 1. The fourth-order valence-corrected chi connectivity index (χ4v) is 4.81. The number of furan rings is 1. The van der Waals surface area contributed by atoms with Crippen molar-refractivity contribution in [1.82, 2.24) is 0 Å². The maximum atomic E-state index is 13.0. The van der Waals surface area contributed by atoms with Gasteiger partial charge in [0.15, 0.2) is 4.32 Å². The van der Waals surface area contributed by atoms with Crippen LogP contribution < -0.4 is 9.64 Å². The topological polar surface area (TPSA) is 42.7 Å². The Balaban J connectivity index is 1.62. The van der Waals surface area contributed by atoms with Gasteiger partial charge in [0.1, 0.15) is 17.3 Å². The summed E-state index contributed by atoms with van der Waals surface area (Å²) in [7, 11) is 1.53. The van der Waals surface area contributed by atoms with Gasteiger partial charge in [-0.1, -0.05) is 64.8 Å². The molecule has 1 aliphatic heterocycles. The van der Waals surface area contributed by atoms with Crippen LogP contribution in [-0.2, 0) is 4.79 Å². The predicted octanol–water partition coefficient (Wildman–Crippen LogP) is 7.32. The summed E-state index contributed by atoms with van der Waals surface area (Å²) in [6.45, 7) is 0. The molecule has 0 saturated carbocycles. The maximum absolute atomic E-state index is 13.0. The zero-order chi connectivity index (χ0) is 21.4. The Morgan fingerprint density at radius 3 is 2.63 bits per heavy atom. The van der Waals surface area contributed by atoms with E-state index in [2.05, 4.69) is 0 Å². The fraction of sp³-hybridized carbons (Fsp3) is 0.0476. The van der Waals surface area contributed by atoms with Crippen molar-refractivity contribution in [3.05, 3.63) is 74.3 Å². The van der Waals surface area contributed by atoms with Gasteiger partial charge < -0.3 is 9.15 Å². The molecule has 1 aliphatic rings. The molecule has 1 aromatic heterocycles. The lowest BCUT2D eigenvalue weighted by atomic mass is 10.2. The number of rotatable bonds is 4. The van der Waals surface area contributed by atoms with Crippen LogP contribution in [0.25, 0.3) is 17.4 Å². The van der Waals surface area contributed by atoms with Crippen molar-refractivity contribution in [2.24, 2.45) is 0 Å². The molecule has 0 aliphatic carbocycles. The molecule has 152 valence electrons. The van der Waals surface area contributed by atoms with Crippen LogP contribution in [0.15, 0.2) is 57.9 Å². The monoisotopic (exact) mass is 495 g/mol. The molecule has 2 heterocycles. The minimum absolute atomic E-state index is 0.259. The zero-order valence-corrected chi connectivity index (χ0v) is 19.2. The second-order valence-electron chi connectivity index (χ2n) is 6.14. The van der Waals surface area contributed by atoms with E-state index in [-0.39, 0.29) is 5.91 Å². The number of thioether (sulfide) groups is 1. The summed E-state index contributed by atoms with van der Waals surface area (Å²) in [4.78, 5) is 14.8. The van der Waals surface area contributed by atoms with Gasteiger partial charge in [-0.3, -0.25) is 9.69 Å². The van der Waals surface area contributed by atoms with Crippen molar-refractivity contribution in [2.45, 2.75) is 0 Å². The van der Waals surface area contributed by atoms with Crippen molar-refractivity contribution in [2.75, 3.05) is 12.0 Å². The Morgan fingerprint density at radius 1 is 1.10 bits per heavy atom. The summed E-state index contributed by atoms with van der Waals surface area (Å²) < 4.78 is 11.4. The number of anilines is 1. The molecule has 0 atom stereocenters. The van der Waals surface area contributed by atoms with Gasteiger partial charge in [-0.15, -0.1) is 0 Å². The molecule has 1 fully saturated rings. The van der Waals surface area contributed by atoms with Crippen LogP contribution in [0, 0.1) is 0 Å². The zero-order valence-electron chi connectivity index (χ0n) is 15.3. The summed E-state index contributed by atoms with van der Waals surface area (Å²) in [5, 5.41) is 1.23. The van der Waals surface area contributed by atoms with Crippen molar-refractivity contribution in [3.8, 4) is 17.1 Å². The van der Waals surface area contributed by atoms with E-state index >= 15 is 0 Å². The molecule has 0 spiro atoms. The van der Waals surface area contributed by atoms with Gasteiger partial charge >= 0.3 is 0 Å². The molecular weight excluding hydrogens is 485 g/mol. The Morgan fingerprint density at radius 2 is 1.90 bits per heavy atom. The highest BCUT2D eigenvalue weighted by Crippen LogP contribution is 2.39.